The van der Waals surface area contributed by atoms with E-state index in [1.807, 2.05) is 60.7 Å². The standard InChI is InChI=1S/C10H11N3O.C10H13NO.C9H9N3O/c1-14-10-8-5-3-2-4-7(8)6-9(10)12-13-11;1-12-10-8-5-3-2-4-7(8)6-9(10)11;10-12-11-8-5-6-3-1-2-4-7(6)9(8)13/h2-5,9-10H,6H2,1H3;2-5,9-10H,6,11H2,1H3;1-4,8-9,13H,5H2. The maximum Gasteiger partial charge on any atom is 0.0977 e. The van der Waals surface area contributed by atoms with Gasteiger partial charge in [-0.15, -0.1) is 0 Å². The molecule has 0 saturated carbocycles. The Balaban J connectivity index is 0.000000136. The van der Waals surface area contributed by atoms with Gasteiger partial charge in [-0.3, -0.25) is 0 Å². The van der Waals surface area contributed by atoms with Crippen LogP contribution in [-0.2, 0) is 28.7 Å². The molecular weight excluding hydrogens is 494 g/mol. The number of benzene rings is 3. The first-order chi connectivity index (χ1) is 19.0. The molecule has 3 aliphatic rings. The van der Waals surface area contributed by atoms with Crippen LogP contribution >= 0.6 is 0 Å². The third kappa shape index (κ3) is 6.24. The van der Waals surface area contributed by atoms with Crippen LogP contribution in [0.5, 0.6) is 0 Å². The number of methoxy groups -OCH3 is 2. The average Bonchev–Trinajstić information content (AvgIpc) is 3.59. The average molecular weight is 528 g/mol. The van der Waals surface area contributed by atoms with Crippen molar-refractivity contribution in [1.29, 1.82) is 0 Å². The number of aliphatic hydroxyl groups is 1. The molecule has 0 heterocycles. The number of nitrogens with zero attached hydrogens (tertiary/aromatic N) is 6. The third-order valence-electron chi connectivity index (χ3n) is 7.42. The van der Waals surface area contributed by atoms with E-state index in [0.717, 1.165) is 29.5 Å². The normalized spacial score (nSPS) is 25.3. The van der Waals surface area contributed by atoms with Crippen LogP contribution in [0.25, 0.3) is 20.9 Å². The molecule has 6 rings (SSSR count). The van der Waals surface area contributed by atoms with Gasteiger partial charge in [0.25, 0.3) is 0 Å². The number of rotatable bonds is 4. The van der Waals surface area contributed by atoms with Crippen molar-refractivity contribution in [3.05, 3.63) is 127 Å². The summed E-state index contributed by atoms with van der Waals surface area (Å²) in [7, 11) is 3.36. The van der Waals surface area contributed by atoms with Gasteiger partial charge in [-0.1, -0.05) is 83.0 Å². The predicted molar refractivity (Wildman–Crippen MR) is 149 cm³/mol. The van der Waals surface area contributed by atoms with Crippen LogP contribution in [-0.4, -0.2) is 37.5 Å². The van der Waals surface area contributed by atoms with Crippen LogP contribution in [0.2, 0.25) is 0 Å². The lowest BCUT2D eigenvalue weighted by Gasteiger charge is -2.13. The maximum absolute atomic E-state index is 9.71. The van der Waals surface area contributed by atoms with Gasteiger partial charge < -0.3 is 20.3 Å². The van der Waals surface area contributed by atoms with E-state index in [1.165, 1.54) is 16.7 Å². The van der Waals surface area contributed by atoms with Crippen LogP contribution in [0.15, 0.2) is 83.0 Å². The van der Waals surface area contributed by atoms with Gasteiger partial charge in [0.1, 0.15) is 0 Å². The first kappa shape index (κ1) is 28.1. The van der Waals surface area contributed by atoms with Crippen molar-refractivity contribution >= 4 is 0 Å². The van der Waals surface area contributed by atoms with E-state index in [-0.39, 0.29) is 30.3 Å². The highest BCUT2D eigenvalue weighted by molar-refractivity contribution is 5.37. The first-order valence-electron chi connectivity index (χ1n) is 12.8. The molecule has 6 unspecified atom stereocenters. The van der Waals surface area contributed by atoms with Crippen molar-refractivity contribution in [2.24, 2.45) is 16.0 Å². The van der Waals surface area contributed by atoms with E-state index in [4.69, 9.17) is 26.3 Å². The lowest BCUT2D eigenvalue weighted by atomic mass is 10.1. The molecule has 0 amide bonds. The van der Waals surface area contributed by atoms with E-state index >= 15 is 0 Å². The smallest absolute Gasteiger partial charge is 0.0977 e. The lowest BCUT2D eigenvalue weighted by molar-refractivity contribution is 0.0903. The molecule has 0 spiro atoms. The second-order valence-corrected chi connectivity index (χ2v) is 9.67. The van der Waals surface area contributed by atoms with Gasteiger partial charge in [0.05, 0.1) is 30.4 Å². The minimum Gasteiger partial charge on any atom is -0.388 e. The van der Waals surface area contributed by atoms with Crippen LogP contribution in [0.3, 0.4) is 0 Å². The molecule has 0 fully saturated rings. The lowest BCUT2D eigenvalue weighted by Crippen LogP contribution is -2.25. The molecule has 10 nitrogen and oxygen atoms in total. The minimum absolute atomic E-state index is 0.0814. The molecule has 0 saturated heterocycles. The van der Waals surface area contributed by atoms with Crippen molar-refractivity contribution in [3.8, 4) is 0 Å². The molecule has 0 aliphatic heterocycles. The first-order valence-corrected chi connectivity index (χ1v) is 12.8. The van der Waals surface area contributed by atoms with Gasteiger partial charge in [-0.05, 0) is 63.7 Å². The molecular formula is C29H33N7O3. The Kier molecular flexibility index (Phi) is 9.57. The zero-order valence-corrected chi connectivity index (χ0v) is 22.0. The maximum atomic E-state index is 9.71. The van der Waals surface area contributed by atoms with E-state index in [9.17, 15) is 5.11 Å². The van der Waals surface area contributed by atoms with Gasteiger partial charge in [0.2, 0.25) is 0 Å². The zero-order valence-electron chi connectivity index (χ0n) is 22.0. The van der Waals surface area contributed by atoms with Crippen molar-refractivity contribution in [1.82, 2.24) is 0 Å². The van der Waals surface area contributed by atoms with Crippen LogP contribution < -0.4 is 5.73 Å². The summed E-state index contributed by atoms with van der Waals surface area (Å²) >= 11 is 0. The third-order valence-corrected chi connectivity index (χ3v) is 7.42. The van der Waals surface area contributed by atoms with Gasteiger partial charge in [0.15, 0.2) is 0 Å². The van der Waals surface area contributed by atoms with E-state index in [2.05, 4.69) is 32.2 Å². The Hall–Kier alpha value is -3.88. The molecule has 0 radical (unpaired) electrons. The highest BCUT2D eigenvalue weighted by Gasteiger charge is 2.32. The zero-order chi connectivity index (χ0) is 27.8. The number of azide groups is 2. The summed E-state index contributed by atoms with van der Waals surface area (Å²) in [5.74, 6) is 0. The Bertz CT molecular complexity index is 1370. The fraction of sp³-hybridized carbons (Fsp3) is 0.379. The number of hydrogen-bond acceptors (Lipinski definition) is 6. The summed E-state index contributed by atoms with van der Waals surface area (Å²) in [6.07, 6.45) is 1.74. The molecule has 10 heteroatoms. The summed E-state index contributed by atoms with van der Waals surface area (Å²) in [6, 6.07) is 23.6. The van der Waals surface area contributed by atoms with Gasteiger partial charge in [0, 0.05) is 30.1 Å². The van der Waals surface area contributed by atoms with Crippen LogP contribution in [0.4, 0.5) is 0 Å². The second-order valence-electron chi connectivity index (χ2n) is 9.67. The summed E-state index contributed by atoms with van der Waals surface area (Å²) in [5.41, 5.74) is 29.5. The summed E-state index contributed by atoms with van der Waals surface area (Å²) in [5, 5.41) is 17.0. The van der Waals surface area contributed by atoms with Gasteiger partial charge in [-0.25, -0.2) is 0 Å². The van der Waals surface area contributed by atoms with Gasteiger partial charge >= 0.3 is 0 Å². The van der Waals surface area contributed by atoms with Crippen molar-refractivity contribution in [2.45, 2.75) is 55.7 Å². The Morgan fingerprint density at radius 2 is 1.13 bits per heavy atom. The van der Waals surface area contributed by atoms with E-state index in [1.54, 1.807) is 14.2 Å². The molecule has 3 aliphatic carbocycles. The van der Waals surface area contributed by atoms with Gasteiger partial charge in [-0.2, -0.15) is 0 Å². The van der Waals surface area contributed by atoms with Crippen LogP contribution in [0, 0.1) is 0 Å². The fourth-order valence-electron chi connectivity index (χ4n) is 5.60. The SMILES string of the molecule is COC1c2ccccc2CC1N.COC1c2ccccc2CC1N=[N+]=[N-].[N-]=[N+]=NC1Cc2ccccc2C1O. The quantitative estimate of drug-likeness (QED) is 0.248. The molecule has 3 aromatic rings. The van der Waals surface area contributed by atoms with E-state index < -0.39 is 6.10 Å². The summed E-state index contributed by atoms with van der Waals surface area (Å²) in [6.45, 7) is 0. The largest absolute Gasteiger partial charge is 0.388 e. The molecule has 0 bridgehead atoms. The molecule has 202 valence electrons. The fourth-order valence-corrected chi connectivity index (χ4v) is 5.60. The molecule has 3 N–H and O–H groups in total. The van der Waals surface area contributed by atoms with Crippen molar-refractivity contribution < 1.29 is 14.6 Å². The number of hydrogen-bond donors (Lipinski definition) is 2. The number of aliphatic hydroxyl groups excluding tert-OH is 1. The van der Waals surface area contributed by atoms with Crippen LogP contribution in [0.1, 0.15) is 51.7 Å². The molecule has 39 heavy (non-hydrogen) atoms. The topological polar surface area (TPSA) is 162 Å². The summed E-state index contributed by atoms with van der Waals surface area (Å²) in [4.78, 5) is 5.56. The minimum atomic E-state index is -0.632. The van der Waals surface area contributed by atoms with Crippen molar-refractivity contribution in [3.63, 3.8) is 0 Å². The Labute approximate surface area is 227 Å². The molecule has 6 atom stereocenters. The number of ether oxygens (including phenoxy) is 2. The highest BCUT2D eigenvalue weighted by Crippen LogP contribution is 2.36. The number of nitrogens with two attached hydrogens (primary N) is 1. The molecule has 0 aromatic heterocycles. The predicted octanol–water partition coefficient (Wildman–Crippen LogP) is 5.82. The number of fused-ring (bicyclic) bond motifs is 3. The highest BCUT2D eigenvalue weighted by atomic mass is 16.5. The second kappa shape index (κ2) is 13.3. The Morgan fingerprint density at radius 1 is 0.692 bits per heavy atom. The molecule has 3 aromatic carbocycles. The Morgan fingerprint density at radius 3 is 1.67 bits per heavy atom. The van der Waals surface area contributed by atoms with E-state index in [0.29, 0.717) is 6.42 Å². The van der Waals surface area contributed by atoms with Crippen molar-refractivity contribution in [2.75, 3.05) is 14.2 Å². The summed E-state index contributed by atoms with van der Waals surface area (Å²) < 4.78 is 10.7. The monoisotopic (exact) mass is 527 g/mol.